The van der Waals surface area contributed by atoms with Crippen LogP contribution in [0.25, 0.3) is 0 Å². The summed E-state index contributed by atoms with van der Waals surface area (Å²) >= 11 is 0. The van der Waals surface area contributed by atoms with E-state index in [1.165, 1.54) is 19.2 Å². The van der Waals surface area contributed by atoms with Gasteiger partial charge in [0.25, 0.3) is 5.69 Å². The Balaban J connectivity index is 2.19. The Hall–Kier alpha value is -1.91. The summed E-state index contributed by atoms with van der Waals surface area (Å²) in [5, 5.41) is 10.5. The smallest absolute Gasteiger partial charge is 0.309 e. The first-order valence-corrected chi connectivity index (χ1v) is 5.32. The van der Waals surface area contributed by atoms with E-state index in [0.717, 1.165) is 12.0 Å². The van der Waals surface area contributed by atoms with Crippen molar-refractivity contribution in [2.75, 3.05) is 7.11 Å². The van der Waals surface area contributed by atoms with Crippen molar-refractivity contribution in [3.63, 3.8) is 0 Å². The zero-order valence-electron chi connectivity index (χ0n) is 9.67. The number of nitrogens with zero attached hydrogens (tertiary/aromatic N) is 1. The molecular weight excluding hydrogens is 222 g/mol. The van der Waals surface area contributed by atoms with E-state index >= 15 is 0 Å². The molecule has 2 unspecified atom stereocenters. The molecule has 0 bridgehead atoms. The highest BCUT2D eigenvalue weighted by Crippen LogP contribution is 2.54. The van der Waals surface area contributed by atoms with E-state index in [1.807, 2.05) is 6.92 Å². The van der Waals surface area contributed by atoms with Crippen molar-refractivity contribution in [3.05, 3.63) is 39.9 Å². The van der Waals surface area contributed by atoms with E-state index in [1.54, 1.807) is 12.1 Å². The minimum Gasteiger partial charge on any atom is -0.469 e. The highest BCUT2D eigenvalue weighted by atomic mass is 16.6. The molecule has 0 saturated heterocycles. The van der Waals surface area contributed by atoms with Crippen LogP contribution in [-0.2, 0) is 14.9 Å². The summed E-state index contributed by atoms with van der Waals surface area (Å²) in [5.74, 6) is -0.347. The maximum absolute atomic E-state index is 11.4. The number of nitro benzene ring substituents is 1. The molecule has 2 rings (SSSR count). The van der Waals surface area contributed by atoms with Gasteiger partial charge in [0.1, 0.15) is 0 Å². The topological polar surface area (TPSA) is 69.4 Å². The Morgan fingerprint density at radius 3 is 2.53 bits per heavy atom. The molecule has 0 N–H and O–H groups in total. The molecule has 1 aliphatic carbocycles. The maximum Gasteiger partial charge on any atom is 0.309 e. The van der Waals surface area contributed by atoms with Crippen molar-refractivity contribution in [2.45, 2.75) is 18.8 Å². The number of rotatable bonds is 3. The molecule has 1 aromatic rings. The number of carbonyl (C=O) groups excluding carboxylic acids is 1. The molecule has 2 atom stereocenters. The van der Waals surface area contributed by atoms with Gasteiger partial charge in [-0.25, -0.2) is 0 Å². The van der Waals surface area contributed by atoms with Crippen LogP contribution in [0.5, 0.6) is 0 Å². The standard InChI is InChI=1S/C12H13NO4/c1-12(7-10(12)11(14)17-2)8-3-5-9(6-4-8)13(15)16/h3-6,10H,7H2,1-2H3. The third kappa shape index (κ3) is 1.88. The number of hydrogen-bond donors (Lipinski definition) is 0. The summed E-state index contributed by atoms with van der Waals surface area (Å²) in [6.07, 6.45) is 0.734. The number of ether oxygens (including phenoxy) is 1. The summed E-state index contributed by atoms with van der Waals surface area (Å²) < 4.78 is 4.71. The van der Waals surface area contributed by atoms with Crippen LogP contribution in [-0.4, -0.2) is 18.0 Å². The molecule has 1 aliphatic rings. The van der Waals surface area contributed by atoms with Crippen LogP contribution in [0.3, 0.4) is 0 Å². The zero-order chi connectivity index (χ0) is 12.6. The number of methoxy groups -OCH3 is 1. The predicted octanol–water partition coefficient (Wildman–Crippen LogP) is 2.05. The van der Waals surface area contributed by atoms with Gasteiger partial charge in [0, 0.05) is 17.5 Å². The van der Waals surface area contributed by atoms with Crippen LogP contribution in [0.1, 0.15) is 18.9 Å². The van der Waals surface area contributed by atoms with Crippen LogP contribution in [0, 0.1) is 16.0 Å². The number of esters is 1. The van der Waals surface area contributed by atoms with Crippen molar-refractivity contribution < 1.29 is 14.5 Å². The summed E-state index contributed by atoms with van der Waals surface area (Å²) in [6.45, 7) is 1.97. The van der Waals surface area contributed by atoms with Gasteiger partial charge in [0.2, 0.25) is 0 Å². The lowest BCUT2D eigenvalue weighted by molar-refractivity contribution is -0.384. The number of carbonyl (C=O) groups is 1. The van der Waals surface area contributed by atoms with Gasteiger partial charge in [-0.3, -0.25) is 14.9 Å². The van der Waals surface area contributed by atoms with Crippen molar-refractivity contribution >= 4 is 11.7 Å². The van der Waals surface area contributed by atoms with E-state index in [4.69, 9.17) is 4.74 Å². The lowest BCUT2D eigenvalue weighted by atomic mass is 9.95. The van der Waals surface area contributed by atoms with Gasteiger partial charge in [0.05, 0.1) is 18.0 Å². The van der Waals surface area contributed by atoms with Gasteiger partial charge in [-0.05, 0) is 12.0 Å². The monoisotopic (exact) mass is 235 g/mol. The first kappa shape index (κ1) is 11.6. The lowest BCUT2D eigenvalue weighted by Crippen LogP contribution is -2.13. The summed E-state index contributed by atoms with van der Waals surface area (Å²) in [7, 11) is 1.37. The first-order valence-electron chi connectivity index (χ1n) is 5.32. The zero-order valence-corrected chi connectivity index (χ0v) is 9.67. The number of benzene rings is 1. The second-order valence-corrected chi connectivity index (χ2v) is 4.50. The van der Waals surface area contributed by atoms with Crippen LogP contribution in [0.15, 0.2) is 24.3 Å². The fourth-order valence-corrected chi connectivity index (χ4v) is 2.13. The third-order valence-electron chi connectivity index (χ3n) is 3.46. The number of nitro groups is 1. The summed E-state index contributed by atoms with van der Waals surface area (Å²) in [5.41, 5.74) is 0.772. The lowest BCUT2D eigenvalue weighted by Gasteiger charge is -2.10. The molecule has 90 valence electrons. The second kappa shape index (κ2) is 3.84. The third-order valence-corrected chi connectivity index (χ3v) is 3.46. The largest absolute Gasteiger partial charge is 0.469 e. The molecule has 1 saturated carbocycles. The molecular formula is C12H13NO4. The normalized spacial score (nSPS) is 26.4. The molecule has 0 radical (unpaired) electrons. The number of hydrogen-bond acceptors (Lipinski definition) is 4. The van der Waals surface area contributed by atoms with E-state index in [0.29, 0.717) is 0 Å². The van der Waals surface area contributed by atoms with Gasteiger partial charge in [-0.2, -0.15) is 0 Å². The summed E-state index contributed by atoms with van der Waals surface area (Å²) in [6, 6.07) is 6.35. The predicted molar refractivity (Wildman–Crippen MR) is 60.6 cm³/mol. The average Bonchev–Trinajstić information content (AvgIpc) is 3.02. The fraction of sp³-hybridized carbons (Fsp3) is 0.417. The van der Waals surface area contributed by atoms with Crippen LogP contribution in [0.4, 0.5) is 5.69 Å². The molecule has 0 heterocycles. The Kier molecular flexibility index (Phi) is 2.61. The van der Waals surface area contributed by atoms with E-state index in [9.17, 15) is 14.9 Å². The molecule has 0 spiro atoms. The Bertz CT molecular complexity index is 468. The van der Waals surface area contributed by atoms with Gasteiger partial charge >= 0.3 is 5.97 Å². The van der Waals surface area contributed by atoms with Crippen molar-refractivity contribution in [1.82, 2.24) is 0 Å². The fourth-order valence-electron chi connectivity index (χ4n) is 2.13. The second-order valence-electron chi connectivity index (χ2n) is 4.50. The minimum atomic E-state index is -0.434. The van der Waals surface area contributed by atoms with Gasteiger partial charge in [-0.1, -0.05) is 19.1 Å². The van der Waals surface area contributed by atoms with Crippen LogP contribution >= 0.6 is 0 Å². The first-order chi connectivity index (χ1) is 7.99. The van der Waals surface area contributed by atoms with Crippen LogP contribution in [0.2, 0.25) is 0 Å². The van der Waals surface area contributed by atoms with E-state index in [2.05, 4.69) is 0 Å². The SMILES string of the molecule is COC(=O)C1CC1(C)c1ccc([N+](=O)[O-])cc1. The highest BCUT2D eigenvalue weighted by Gasteiger charge is 2.56. The quantitative estimate of drug-likeness (QED) is 0.456. The van der Waals surface area contributed by atoms with Gasteiger partial charge in [-0.15, -0.1) is 0 Å². The van der Waals surface area contributed by atoms with Crippen LogP contribution < -0.4 is 0 Å². The Labute approximate surface area is 98.5 Å². The Morgan fingerprint density at radius 1 is 1.47 bits per heavy atom. The molecule has 5 nitrogen and oxygen atoms in total. The number of non-ortho nitro benzene ring substituents is 1. The molecule has 1 fully saturated rings. The molecule has 0 amide bonds. The minimum absolute atomic E-state index is 0.0626. The molecule has 0 aromatic heterocycles. The summed E-state index contributed by atoms with van der Waals surface area (Å²) in [4.78, 5) is 21.5. The maximum atomic E-state index is 11.4. The van der Waals surface area contributed by atoms with E-state index in [-0.39, 0.29) is 23.0 Å². The van der Waals surface area contributed by atoms with E-state index < -0.39 is 4.92 Å². The highest BCUT2D eigenvalue weighted by molar-refractivity contribution is 5.78. The molecule has 17 heavy (non-hydrogen) atoms. The van der Waals surface area contributed by atoms with Crippen molar-refractivity contribution in [1.29, 1.82) is 0 Å². The molecule has 1 aromatic carbocycles. The molecule has 0 aliphatic heterocycles. The molecule has 5 heteroatoms. The van der Waals surface area contributed by atoms with Crippen molar-refractivity contribution in [3.8, 4) is 0 Å². The van der Waals surface area contributed by atoms with Gasteiger partial charge in [0.15, 0.2) is 0 Å². The average molecular weight is 235 g/mol. The Morgan fingerprint density at radius 2 is 2.06 bits per heavy atom. The van der Waals surface area contributed by atoms with Crippen molar-refractivity contribution in [2.24, 2.45) is 5.92 Å². The van der Waals surface area contributed by atoms with Gasteiger partial charge < -0.3 is 4.74 Å².